The van der Waals surface area contributed by atoms with E-state index < -0.39 is 0 Å². The van der Waals surface area contributed by atoms with Gasteiger partial charge in [-0.3, -0.25) is 14.8 Å². The lowest BCUT2D eigenvalue weighted by atomic mass is 9.76. The highest BCUT2D eigenvalue weighted by atomic mass is 16.5. The normalized spacial score (nSPS) is 23.7. The maximum absolute atomic E-state index is 5.54. The maximum Gasteiger partial charge on any atom is 0.0947 e. The number of rotatable bonds is 6. The van der Waals surface area contributed by atoms with Crippen molar-refractivity contribution in [1.29, 1.82) is 0 Å². The van der Waals surface area contributed by atoms with E-state index in [-0.39, 0.29) is 0 Å². The zero-order valence-corrected chi connectivity index (χ0v) is 15.6. The molecule has 2 aliphatic rings. The van der Waals surface area contributed by atoms with E-state index in [1.165, 1.54) is 37.9 Å². The van der Waals surface area contributed by atoms with Gasteiger partial charge >= 0.3 is 0 Å². The van der Waals surface area contributed by atoms with Crippen LogP contribution in [0.15, 0.2) is 47.4 Å². The molecule has 2 saturated heterocycles. The predicted octanol–water partition coefficient (Wildman–Crippen LogP) is 3.18. The lowest BCUT2D eigenvalue weighted by Gasteiger charge is -2.39. The number of furan rings is 1. The molecule has 5 heteroatoms. The first-order valence-electron chi connectivity index (χ1n) is 9.63. The summed E-state index contributed by atoms with van der Waals surface area (Å²) in [6, 6.07) is 8.76. The summed E-state index contributed by atoms with van der Waals surface area (Å²) in [5.41, 5.74) is 2.87. The van der Waals surface area contributed by atoms with Crippen molar-refractivity contribution in [2.45, 2.75) is 38.4 Å². The molecular formula is C21H29N3O2. The molecule has 2 aliphatic heterocycles. The third kappa shape index (κ3) is 4.00. The van der Waals surface area contributed by atoms with Crippen LogP contribution >= 0.6 is 0 Å². The lowest BCUT2D eigenvalue weighted by molar-refractivity contribution is 0.101. The molecular weight excluding hydrogens is 326 g/mol. The summed E-state index contributed by atoms with van der Waals surface area (Å²) in [6.07, 6.45) is 9.30. The van der Waals surface area contributed by atoms with Gasteiger partial charge in [-0.25, -0.2) is 0 Å². The summed E-state index contributed by atoms with van der Waals surface area (Å²) < 4.78 is 10.7. The minimum atomic E-state index is 0.435. The molecule has 0 unspecified atom stereocenters. The van der Waals surface area contributed by atoms with Gasteiger partial charge in [0.1, 0.15) is 0 Å². The van der Waals surface area contributed by atoms with E-state index in [1.54, 1.807) is 6.26 Å². The number of aromatic nitrogens is 1. The van der Waals surface area contributed by atoms with Crippen LogP contribution in [0.3, 0.4) is 0 Å². The van der Waals surface area contributed by atoms with Gasteiger partial charge in [-0.15, -0.1) is 0 Å². The third-order valence-corrected chi connectivity index (χ3v) is 6.08. The van der Waals surface area contributed by atoms with Gasteiger partial charge in [0.2, 0.25) is 0 Å². The van der Waals surface area contributed by atoms with Gasteiger partial charge in [0.05, 0.1) is 24.8 Å². The summed E-state index contributed by atoms with van der Waals surface area (Å²) in [5, 5.41) is 0. The molecule has 2 fully saturated rings. The van der Waals surface area contributed by atoms with Gasteiger partial charge in [-0.2, -0.15) is 0 Å². The monoisotopic (exact) mass is 355 g/mol. The highest BCUT2D eigenvalue weighted by Crippen LogP contribution is 2.44. The van der Waals surface area contributed by atoms with E-state index >= 15 is 0 Å². The number of methoxy groups -OCH3 is 1. The van der Waals surface area contributed by atoms with Gasteiger partial charge in [-0.1, -0.05) is 6.07 Å². The molecule has 26 heavy (non-hydrogen) atoms. The van der Waals surface area contributed by atoms with Crippen LogP contribution in [0.25, 0.3) is 0 Å². The number of hydrogen-bond donors (Lipinski definition) is 0. The van der Waals surface area contributed by atoms with E-state index in [2.05, 4.69) is 33.0 Å². The Morgan fingerprint density at radius 2 is 2.12 bits per heavy atom. The van der Waals surface area contributed by atoms with Crippen LogP contribution in [0.2, 0.25) is 0 Å². The number of piperidine rings is 1. The molecule has 0 aromatic carbocycles. The summed E-state index contributed by atoms with van der Waals surface area (Å²) in [5.74, 6) is 0. The molecule has 0 amide bonds. The van der Waals surface area contributed by atoms with Crippen LogP contribution in [-0.4, -0.2) is 54.2 Å². The Hall–Kier alpha value is -1.69. The fourth-order valence-electron chi connectivity index (χ4n) is 4.68. The van der Waals surface area contributed by atoms with Crippen molar-refractivity contribution in [3.8, 4) is 0 Å². The van der Waals surface area contributed by atoms with Gasteiger partial charge in [0.25, 0.3) is 0 Å². The van der Waals surface area contributed by atoms with Crippen LogP contribution < -0.4 is 0 Å². The van der Waals surface area contributed by atoms with Crippen molar-refractivity contribution < 1.29 is 9.15 Å². The van der Waals surface area contributed by atoms with E-state index in [0.29, 0.717) is 11.5 Å². The summed E-state index contributed by atoms with van der Waals surface area (Å²) in [7, 11) is 1.82. The second-order valence-corrected chi connectivity index (χ2v) is 7.95. The number of likely N-dealkylation sites (tertiary alicyclic amines) is 2. The van der Waals surface area contributed by atoms with Crippen molar-refractivity contribution in [2.24, 2.45) is 5.41 Å². The number of nitrogens with zero attached hydrogens (tertiary/aromatic N) is 3. The van der Waals surface area contributed by atoms with Gasteiger partial charge < -0.3 is 9.15 Å². The second kappa shape index (κ2) is 7.91. The molecule has 140 valence electrons. The average Bonchev–Trinajstić information content (AvgIpc) is 3.27. The fourth-order valence-corrected chi connectivity index (χ4v) is 4.68. The van der Waals surface area contributed by atoms with Crippen LogP contribution in [-0.2, 0) is 17.8 Å². The van der Waals surface area contributed by atoms with Crippen molar-refractivity contribution in [2.75, 3.05) is 33.4 Å². The molecule has 1 atom stereocenters. The first kappa shape index (κ1) is 17.7. The Morgan fingerprint density at radius 3 is 2.81 bits per heavy atom. The minimum Gasteiger partial charge on any atom is -0.472 e. The zero-order valence-electron chi connectivity index (χ0n) is 15.6. The summed E-state index contributed by atoms with van der Waals surface area (Å²) >= 11 is 0. The van der Waals surface area contributed by atoms with E-state index in [4.69, 9.17) is 9.15 Å². The smallest absolute Gasteiger partial charge is 0.0947 e. The van der Waals surface area contributed by atoms with Crippen molar-refractivity contribution in [1.82, 2.24) is 14.8 Å². The van der Waals surface area contributed by atoms with Crippen molar-refractivity contribution in [3.63, 3.8) is 0 Å². The maximum atomic E-state index is 5.54. The molecule has 5 nitrogen and oxygen atoms in total. The van der Waals surface area contributed by atoms with E-state index in [9.17, 15) is 0 Å². The number of pyridine rings is 1. The standard InChI is InChI=1S/C21H29N3O2/c1-25-16-20-12-21(17-24(20)14-19-4-2-3-8-22-19)6-9-23(10-7-21)13-18-5-11-26-15-18/h2-5,8,11,15,20H,6-7,9-10,12-14,16-17H2,1H3/t20-/m0/s1. The van der Waals surface area contributed by atoms with Crippen LogP contribution in [0.5, 0.6) is 0 Å². The Morgan fingerprint density at radius 1 is 1.23 bits per heavy atom. The molecule has 2 aromatic rings. The highest BCUT2D eigenvalue weighted by molar-refractivity contribution is 5.08. The van der Waals surface area contributed by atoms with E-state index in [0.717, 1.165) is 31.9 Å². The van der Waals surface area contributed by atoms with Crippen LogP contribution in [0.4, 0.5) is 0 Å². The molecule has 4 rings (SSSR count). The topological polar surface area (TPSA) is 41.7 Å². The van der Waals surface area contributed by atoms with Crippen LogP contribution in [0, 0.1) is 5.41 Å². The van der Waals surface area contributed by atoms with Gasteiger partial charge in [0.15, 0.2) is 0 Å². The molecule has 0 N–H and O–H groups in total. The molecule has 0 aliphatic carbocycles. The molecule has 2 aromatic heterocycles. The lowest BCUT2D eigenvalue weighted by Crippen LogP contribution is -2.41. The Bertz CT molecular complexity index is 666. The minimum absolute atomic E-state index is 0.435. The fraction of sp³-hybridized carbons (Fsp3) is 0.571. The largest absolute Gasteiger partial charge is 0.472 e. The summed E-state index contributed by atoms with van der Waals surface area (Å²) in [4.78, 5) is 9.68. The Labute approximate surface area is 156 Å². The Kier molecular flexibility index (Phi) is 5.38. The molecule has 0 radical (unpaired) electrons. The molecule has 0 bridgehead atoms. The predicted molar refractivity (Wildman–Crippen MR) is 101 cm³/mol. The molecule has 1 spiro atoms. The van der Waals surface area contributed by atoms with E-state index in [1.807, 2.05) is 25.6 Å². The Balaban J connectivity index is 1.38. The zero-order chi connectivity index (χ0) is 17.8. The van der Waals surface area contributed by atoms with Gasteiger partial charge in [-0.05, 0) is 56.0 Å². The number of hydrogen-bond acceptors (Lipinski definition) is 5. The third-order valence-electron chi connectivity index (χ3n) is 6.08. The van der Waals surface area contributed by atoms with Crippen molar-refractivity contribution in [3.05, 3.63) is 54.2 Å². The van der Waals surface area contributed by atoms with Gasteiger partial charge in [0, 0.05) is 44.5 Å². The highest BCUT2D eigenvalue weighted by Gasteiger charge is 2.45. The quantitative estimate of drug-likeness (QED) is 0.796. The van der Waals surface area contributed by atoms with Crippen LogP contribution in [0.1, 0.15) is 30.5 Å². The molecule has 0 saturated carbocycles. The second-order valence-electron chi connectivity index (χ2n) is 7.95. The average molecular weight is 355 g/mol. The number of ether oxygens (including phenoxy) is 1. The van der Waals surface area contributed by atoms with Crippen molar-refractivity contribution >= 4 is 0 Å². The first-order valence-corrected chi connectivity index (χ1v) is 9.63. The first-order chi connectivity index (χ1) is 12.8. The SMILES string of the molecule is COC[C@@H]1CC2(CCN(Cc3ccoc3)CC2)CN1Cc1ccccn1. The molecule has 4 heterocycles. The summed E-state index contributed by atoms with van der Waals surface area (Å²) in [6.45, 7) is 6.25.